The van der Waals surface area contributed by atoms with Gasteiger partial charge in [0.05, 0.1) is 17.6 Å². The average Bonchev–Trinajstić information content (AvgIpc) is 3.60. The Morgan fingerprint density at radius 3 is 2.74 bits per heavy atom. The minimum absolute atomic E-state index is 0.0612. The molecule has 2 amide bonds. The smallest absolute Gasteiger partial charge is 0.235 e. The lowest BCUT2D eigenvalue weighted by atomic mass is 10.2. The first-order chi connectivity index (χ1) is 16.4. The summed E-state index contributed by atoms with van der Waals surface area (Å²) in [4.78, 5) is 24.3. The van der Waals surface area contributed by atoms with E-state index in [1.807, 2.05) is 13.8 Å². The fourth-order valence-corrected chi connectivity index (χ4v) is 5.18. The lowest BCUT2D eigenvalue weighted by molar-refractivity contribution is -0.118. The van der Waals surface area contributed by atoms with Gasteiger partial charge in [-0.25, -0.2) is 0 Å². The second kappa shape index (κ2) is 10.2. The highest BCUT2D eigenvalue weighted by molar-refractivity contribution is 7.99. The maximum absolute atomic E-state index is 12.9. The molecule has 3 aromatic rings. The number of carbonyl (C=O) groups excluding carboxylic acids is 2. The van der Waals surface area contributed by atoms with Gasteiger partial charge in [0, 0.05) is 24.7 Å². The average molecular weight is 482 g/mol. The van der Waals surface area contributed by atoms with Crippen molar-refractivity contribution in [3.63, 3.8) is 0 Å². The molecule has 1 fully saturated rings. The van der Waals surface area contributed by atoms with Gasteiger partial charge in [0.15, 0.2) is 16.7 Å². The first-order valence-corrected chi connectivity index (χ1v) is 12.2. The van der Waals surface area contributed by atoms with Crippen molar-refractivity contribution >= 4 is 29.4 Å². The van der Waals surface area contributed by atoms with E-state index in [0.29, 0.717) is 28.1 Å². The molecule has 0 radical (unpaired) electrons. The fourth-order valence-electron chi connectivity index (χ4n) is 4.41. The van der Waals surface area contributed by atoms with Crippen LogP contribution in [-0.4, -0.2) is 36.9 Å². The third-order valence-electron chi connectivity index (χ3n) is 6.19. The number of hydrogen-bond acceptors (Lipinski definition) is 7. The lowest BCUT2D eigenvalue weighted by Gasteiger charge is -2.19. The Bertz CT molecular complexity index is 1230. The highest BCUT2D eigenvalue weighted by atomic mass is 32.2. The van der Waals surface area contributed by atoms with Gasteiger partial charge in [-0.15, -0.1) is 10.2 Å². The molecule has 1 aliphatic rings. The van der Waals surface area contributed by atoms with E-state index in [0.717, 1.165) is 36.9 Å². The predicted molar refractivity (Wildman–Crippen MR) is 127 cm³/mol. The topological polar surface area (TPSA) is 145 Å². The van der Waals surface area contributed by atoms with Crippen LogP contribution in [0.1, 0.15) is 55.0 Å². The van der Waals surface area contributed by atoms with Crippen molar-refractivity contribution in [2.24, 2.45) is 5.73 Å². The molecule has 34 heavy (non-hydrogen) atoms. The monoisotopic (exact) mass is 481 g/mol. The van der Waals surface area contributed by atoms with E-state index in [4.69, 9.17) is 10.2 Å². The Balaban J connectivity index is 1.53. The van der Waals surface area contributed by atoms with Gasteiger partial charge in [0.1, 0.15) is 11.9 Å². The number of thioether (sulfide) groups is 1. The van der Waals surface area contributed by atoms with Crippen LogP contribution in [-0.2, 0) is 16.1 Å². The summed E-state index contributed by atoms with van der Waals surface area (Å²) in [5, 5.41) is 21.6. The van der Waals surface area contributed by atoms with E-state index >= 15 is 0 Å². The van der Waals surface area contributed by atoms with Crippen LogP contribution in [0.25, 0.3) is 11.6 Å². The first-order valence-electron chi connectivity index (χ1n) is 11.2. The van der Waals surface area contributed by atoms with Crippen molar-refractivity contribution in [2.75, 3.05) is 11.1 Å². The molecule has 11 heteroatoms. The molecule has 3 aromatic heterocycles. The van der Waals surface area contributed by atoms with Crippen molar-refractivity contribution in [1.82, 2.24) is 19.3 Å². The molecule has 0 bridgehead atoms. The maximum Gasteiger partial charge on any atom is 0.235 e. The molecule has 0 saturated heterocycles. The number of rotatable bonds is 9. The fraction of sp³-hybridized carbons (Fsp3) is 0.435. The molecule has 1 aliphatic carbocycles. The molecule has 4 rings (SSSR count). The van der Waals surface area contributed by atoms with Crippen molar-refractivity contribution in [1.29, 1.82) is 5.26 Å². The van der Waals surface area contributed by atoms with E-state index in [-0.39, 0.29) is 30.7 Å². The molecule has 3 heterocycles. The van der Waals surface area contributed by atoms with Crippen LogP contribution in [0.4, 0.5) is 5.82 Å². The molecular weight excluding hydrogens is 454 g/mol. The highest BCUT2D eigenvalue weighted by Crippen LogP contribution is 2.37. The van der Waals surface area contributed by atoms with Crippen molar-refractivity contribution in [2.45, 2.75) is 63.7 Å². The summed E-state index contributed by atoms with van der Waals surface area (Å²) >= 11 is 1.20. The van der Waals surface area contributed by atoms with Crippen LogP contribution in [0.5, 0.6) is 0 Å². The SMILES string of the molecule is Cc1c(C#N)c(NC(=O)CSc2nnc(-c3ccco3)n2CCC(N)=O)n(C2CCCC2)c1C. The minimum Gasteiger partial charge on any atom is -0.461 e. The van der Waals surface area contributed by atoms with Crippen LogP contribution in [0, 0.1) is 25.2 Å². The molecule has 10 nitrogen and oxygen atoms in total. The van der Waals surface area contributed by atoms with E-state index < -0.39 is 5.91 Å². The highest BCUT2D eigenvalue weighted by Gasteiger charge is 2.27. The van der Waals surface area contributed by atoms with Gasteiger partial charge < -0.3 is 20.0 Å². The molecule has 178 valence electrons. The zero-order valence-electron chi connectivity index (χ0n) is 19.2. The molecule has 3 N–H and O–H groups in total. The summed E-state index contributed by atoms with van der Waals surface area (Å²) in [6, 6.07) is 6.03. The summed E-state index contributed by atoms with van der Waals surface area (Å²) in [5.74, 6) is 0.902. The maximum atomic E-state index is 12.9. The summed E-state index contributed by atoms with van der Waals surface area (Å²) in [6.07, 6.45) is 5.99. The van der Waals surface area contributed by atoms with Gasteiger partial charge in [0.25, 0.3) is 0 Å². The summed E-state index contributed by atoms with van der Waals surface area (Å²) < 4.78 is 9.26. The Morgan fingerprint density at radius 2 is 2.09 bits per heavy atom. The molecule has 0 aromatic carbocycles. The number of primary amides is 1. The molecule has 0 aliphatic heterocycles. The van der Waals surface area contributed by atoms with Gasteiger partial charge in [-0.2, -0.15) is 5.26 Å². The van der Waals surface area contributed by atoms with Crippen LogP contribution in [0.15, 0.2) is 28.0 Å². The summed E-state index contributed by atoms with van der Waals surface area (Å²) in [5.41, 5.74) is 7.74. The third kappa shape index (κ3) is 4.72. The van der Waals surface area contributed by atoms with E-state index in [2.05, 4.69) is 26.2 Å². The Kier molecular flexibility index (Phi) is 7.07. The number of amides is 2. The van der Waals surface area contributed by atoms with Gasteiger partial charge in [-0.3, -0.25) is 14.2 Å². The number of nitrogens with zero attached hydrogens (tertiary/aromatic N) is 5. The van der Waals surface area contributed by atoms with Gasteiger partial charge in [-0.1, -0.05) is 24.6 Å². The molecule has 0 unspecified atom stereocenters. The number of anilines is 1. The zero-order chi connectivity index (χ0) is 24.2. The second-order valence-corrected chi connectivity index (χ2v) is 9.28. The van der Waals surface area contributed by atoms with Gasteiger partial charge in [-0.05, 0) is 44.4 Å². The zero-order valence-corrected chi connectivity index (χ0v) is 20.0. The van der Waals surface area contributed by atoms with Crippen molar-refractivity contribution in [3.05, 3.63) is 35.2 Å². The van der Waals surface area contributed by atoms with Gasteiger partial charge >= 0.3 is 0 Å². The van der Waals surface area contributed by atoms with Crippen molar-refractivity contribution in [3.8, 4) is 17.7 Å². The van der Waals surface area contributed by atoms with Crippen LogP contribution in [0.2, 0.25) is 0 Å². The Labute approximate surface area is 201 Å². The normalized spacial score (nSPS) is 13.8. The van der Waals surface area contributed by atoms with E-state index in [1.54, 1.807) is 16.7 Å². The first kappa shape index (κ1) is 23.6. The van der Waals surface area contributed by atoms with Gasteiger partial charge in [0.2, 0.25) is 11.8 Å². The van der Waals surface area contributed by atoms with Crippen LogP contribution < -0.4 is 11.1 Å². The predicted octanol–water partition coefficient (Wildman–Crippen LogP) is 3.55. The molecule has 0 atom stereocenters. The largest absolute Gasteiger partial charge is 0.461 e. The molecule has 1 saturated carbocycles. The number of carbonyl (C=O) groups is 2. The number of nitrogens with one attached hydrogen (secondary N) is 1. The number of nitrogens with two attached hydrogens (primary N) is 1. The summed E-state index contributed by atoms with van der Waals surface area (Å²) in [6.45, 7) is 4.18. The number of nitriles is 1. The number of aromatic nitrogens is 4. The lowest BCUT2D eigenvalue weighted by Crippen LogP contribution is -2.20. The summed E-state index contributed by atoms with van der Waals surface area (Å²) in [7, 11) is 0. The van der Waals surface area contributed by atoms with E-state index in [1.165, 1.54) is 18.0 Å². The minimum atomic E-state index is -0.449. The third-order valence-corrected chi connectivity index (χ3v) is 7.16. The Hall–Kier alpha value is -3.52. The standard InChI is InChI=1S/C23H27N7O3S/c1-14-15(2)30(16-6-3-4-7-16)21(17(14)12-24)26-20(32)13-34-23-28-27-22(18-8-5-11-33-18)29(23)10-9-19(25)31/h5,8,11,16H,3-4,6-7,9-10,13H2,1-2H3,(H2,25,31)(H,26,32). The quantitative estimate of drug-likeness (QED) is 0.445. The number of hydrogen-bond donors (Lipinski definition) is 2. The van der Waals surface area contributed by atoms with Crippen LogP contribution in [0.3, 0.4) is 0 Å². The number of furan rings is 1. The van der Waals surface area contributed by atoms with E-state index in [9.17, 15) is 14.9 Å². The van der Waals surface area contributed by atoms with Crippen LogP contribution >= 0.6 is 11.8 Å². The molecule has 0 spiro atoms. The Morgan fingerprint density at radius 1 is 1.32 bits per heavy atom. The molecular formula is C23H27N7O3S. The second-order valence-electron chi connectivity index (χ2n) is 8.34. The van der Waals surface area contributed by atoms with Crippen molar-refractivity contribution < 1.29 is 14.0 Å².